The molecule has 1 unspecified atom stereocenters. The van der Waals surface area contributed by atoms with Gasteiger partial charge in [-0.15, -0.1) is 0 Å². The molecule has 1 aromatic heterocycles. The van der Waals surface area contributed by atoms with Gasteiger partial charge in [0.2, 0.25) is 11.7 Å². The number of aromatic nitrogens is 2. The lowest BCUT2D eigenvalue weighted by Gasteiger charge is -2.07. The summed E-state index contributed by atoms with van der Waals surface area (Å²) < 4.78 is 5.29. The summed E-state index contributed by atoms with van der Waals surface area (Å²) in [5.74, 6) is 1.74. The predicted molar refractivity (Wildman–Crippen MR) is 75.7 cm³/mol. The van der Waals surface area contributed by atoms with Gasteiger partial charge in [-0.05, 0) is 24.4 Å². The second-order valence-corrected chi connectivity index (χ2v) is 4.78. The zero-order valence-electron chi connectivity index (χ0n) is 11.6. The third kappa shape index (κ3) is 3.41. The summed E-state index contributed by atoms with van der Waals surface area (Å²) in [5.41, 5.74) is 7.99. The fourth-order valence-corrected chi connectivity index (χ4v) is 1.99. The van der Waals surface area contributed by atoms with Crippen LogP contribution >= 0.6 is 0 Å². The second kappa shape index (κ2) is 6.48. The van der Waals surface area contributed by atoms with Crippen LogP contribution in [-0.2, 0) is 12.8 Å². The molecule has 0 aliphatic heterocycles. The molecular formula is C15H21N3O. The maximum atomic E-state index is 5.69. The summed E-state index contributed by atoms with van der Waals surface area (Å²) in [6, 6.07) is 8.27. The summed E-state index contributed by atoms with van der Waals surface area (Å²) >= 11 is 0. The zero-order valence-corrected chi connectivity index (χ0v) is 11.6. The Balaban J connectivity index is 2.11. The van der Waals surface area contributed by atoms with Gasteiger partial charge in [0.05, 0.1) is 0 Å². The summed E-state index contributed by atoms with van der Waals surface area (Å²) in [4.78, 5) is 4.44. The topological polar surface area (TPSA) is 64.9 Å². The van der Waals surface area contributed by atoms with Crippen molar-refractivity contribution in [2.45, 2.75) is 33.1 Å². The lowest BCUT2D eigenvalue weighted by Crippen LogP contribution is -2.15. The Kier molecular flexibility index (Phi) is 4.68. The van der Waals surface area contributed by atoms with Crippen molar-refractivity contribution in [2.24, 2.45) is 11.7 Å². The molecule has 0 bridgehead atoms. The van der Waals surface area contributed by atoms with E-state index in [2.05, 4.69) is 36.1 Å². The van der Waals surface area contributed by atoms with E-state index >= 15 is 0 Å². The highest BCUT2D eigenvalue weighted by atomic mass is 16.5. The first-order valence-electron chi connectivity index (χ1n) is 6.88. The Labute approximate surface area is 114 Å². The molecule has 0 radical (unpaired) electrons. The maximum absolute atomic E-state index is 5.69. The Morgan fingerprint density at radius 2 is 1.95 bits per heavy atom. The van der Waals surface area contributed by atoms with Crippen molar-refractivity contribution < 1.29 is 4.52 Å². The van der Waals surface area contributed by atoms with E-state index in [9.17, 15) is 0 Å². The van der Waals surface area contributed by atoms with Gasteiger partial charge in [-0.3, -0.25) is 0 Å². The van der Waals surface area contributed by atoms with E-state index in [1.165, 1.54) is 5.56 Å². The number of hydrogen-bond acceptors (Lipinski definition) is 4. The Bertz CT molecular complexity index is 500. The van der Waals surface area contributed by atoms with Crippen LogP contribution < -0.4 is 5.73 Å². The molecule has 2 N–H and O–H groups in total. The number of nitrogens with two attached hydrogens (primary N) is 1. The molecule has 0 aliphatic rings. The van der Waals surface area contributed by atoms with E-state index in [1.807, 2.05) is 12.1 Å². The highest BCUT2D eigenvalue weighted by molar-refractivity contribution is 5.54. The number of benzene rings is 1. The Hall–Kier alpha value is -1.68. The van der Waals surface area contributed by atoms with Gasteiger partial charge >= 0.3 is 0 Å². The van der Waals surface area contributed by atoms with Gasteiger partial charge < -0.3 is 10.3 Å². The molecular weight excluding hydrogens is 238 g/mol. The summed E-state index contributed by atoms with van der Waals surface area (Å²) in [6.45, 7) is 4.91. The van der Waals surface area contributed by atoms with Crippen molar-refractivity contribution >= 4 is 0 Å². The molecule has 0 aliphatic carbocycles. The van der Waals surface area contributed by atoms with Crippen molar-refractivity contribution in [3.63, 3.8) is 0 Å². The molecule has 1 atom stereocenters. The van der Waals surface area contributed by atoms with Crippen LogP contribution in [0.25, 0.3) is 11.4 Å². The molecule has 102 valence electrons. The van der Waals surface area contributed by atoms with Crippen LogP contribution in [0.3, 0.4) is 0 Å². The van der Waals surface area contributed by atoms with Crippen LogP contribution in [0.1, 0.15) is 31.7 Å². The third-order valence-electron chi connectivity index (χ3n) is 3.46. The average Bonchev–Trinajstić information content (AvgIpc) is 2.93. The van der Waals surface area contributed by atoms with Gasteiger partial charge in [-0.2, -0.15) is 4.98 Å². The molecule has 4 nitrogen and oxygen atoms in total. The molecule has 0 saturated carbocycles. The molecule has 2 aromatic rings. The number of aryl methyl sites for hydroxylation is 1. The first-order chi connectivity index (χ1) is 9.26. The van der Waals surface area contributed by atoms with Gasteiger partial charge in [0, 0.05) is 12.0 Å². The molecule has 0 saturated heterocycles. The SMILES string of the molecule is CCc1ccc(-c2noc(CC(CC)CN)n2)cc1. The lowest BCUT2D eigenvalue weighted by atomic mass is 10.0. The molecule has 0 spiro atoms. The fraction of sp³-hybridized carbons (Fsp3) is 0.467. The first-order valence-corrected chi connectivity index (χ1v) is 6.88. The quantitative estimate of drug-likeness (QED) is 0.866. The number of nitrogens with zero attached hydrogens (tertiary/aromatic N) is 2. The minimum absolute atomic E-state index is 0.413. The summed E-state index contributed by atoms with van der Waals surface area (Å²) in [7, 11) is 0. The van der Waals surface area contributed by atoms with Crippen molar-refractivity contribution in [1.29, 1.82) is 0 Å². The Morgan fingerprint density at radius 1 is 1.21 bits per heavy atom. The lowest BCUT2D eigenvalue weighted by molar-refractivity contribution is 0.350. The molecule has 1 heterocycles. The predicted octanol–water partition coefficient (Wildman–Crippen LogP) is 2.83. The van der Waals surface area contributed by atoms with Gasteiger partial charge in [0.25, 0.3) is 0 Å². The van der Waals surface area contributed by atoms with Gasteiger partial charge in [0.1, 0.15) is 0 Å². The third-order valence-corrected chi connectivity index (χ3v) is 3.46. The van der Waals surface area contributed by atoms with E-state index < -0.39 is 0 Å². The van der Waals surface area contributed by atoms with Crippen molar-refractivity contribution in [1.82, 2.24) is 10.1 Å². The van der Waals surface area contributed by atoms with Crippen LogP contribution in [0.15, 0.2) is 28.8 Å². The molecule has 2 rings (SSSR count). The fourth-order valence-electron chi connectivity index (χ4n) is 1.99. The second-order valence-electron chi connectivity index (χ2n) is 4.78. The summed E-state index contributed by atoms with van der Waals surface area (Å²) in [5, 5.41) is 4.04. The van der Waals surface area contributed by atoms with Gasteiger partial charge in [-0.25, -0.2) is 0 Å². The monoisotopic (exact) mass is 259 g/mol. The Morgan fingerprint density at radius 3 is 2.53 bits per heavy atom. The largest absolute Gasteiger partial charge is 0.339 e. The smallest absolute Gasteiger partial charge is 0.227 e. The molecule has 0 fully saturated rings. The average molecular weight is 259 g/mol. The summed E-state index contributed by atoms with van der Waals surface area (Å²) in [6.07, 6.45) is 2.82. The minimum Gasteiger partial charge on any atom is -0.339 e. The highest BCUT2D eigenvalue weighted by Gasteiger charge is 2.12. The van der Waals surface area contributed by atoms with Crippen LogP contribution in [0.2, 0.25) is 0 Å². The number of hydrogen-bond donors (Lipinski definition) is 1. The first kappa shape index (κ1) is 13.7. The highest BCUT2D eigenvalue weighted by Crippen LogP contribution is 2.18. The van der Waals surface area contributed by atoms with E-state index in [-0.39, 0.29) is 0 Å². The molecule has 19 heavy (non-hydrogen) atoms. The van der Waals surface area contributed by atoms with Crippen LogP contribution in [0, 0.1) is 5.92 Å². The van der Waals surface area contributed by atoms with Crippen LogP contribution in [0.5, 0.6) is 0 Å². The maximum Gasteiger partial charge on any atom is 0.227 e. The van der Waals surface area contributed by atoms with Crippen molar-refractivity contribution in [3.8, 4) is 11.4 Å². The molecule has 0 amide bonds. The molecule has 1 aromatic carbocycles. The zero-order chi connectivity index (χ0) is 13.7. The van der Waals surface area contributed by atoms with Crippen molar-refractivity contribution in [2.75, 3.05) is 6.54 Å². The normalized spacial score (nSPS) is 12.6. The standard InChI is InChI=1S/C15H21N3O/c1-3-11-5-7-13(8-6-11)15-17-14(19-18-15)9-12(4-2)10-16/h5-8,12H,3-4,9-10,16H2,1-2H3. The van der Waals surface area contributed by atoms with Crippen LogP contribution in [0.4, 0.5) is 0 Å². The van der Waals surface area contributed by atoms with Gasteiger partial charge in [-0.1, -0.05) is 49.7 Å². The van der Waals surface area contributed by atoms with E-state index in [4.69, 9.17) is 10.3 Å². The van der Waals surface area contributed by atoms with E-state index in [0.29, 0.717) is 24.2 Å². The number of rotatable bonds is 6. The van der Waals surface area contributed by atoms with E-state index in [0.717, 1.165) is 24.8 Å². The van der Waals surface area contributed by atoms with Crippen molar-refractivity contribution in [3.05, 3.63) is 35.7 Å². The molecule has 4 heteroatoms. The minimum atomic E-state index is 0.413. The van der Waals surface area contributed by atoms with Gasteiger partial charge in [0.15, 0.2) is 0 Å². The van der Waals surface area contributed by atoms with E-state index in [1.54, 1.807) is 0 Å². The van der Waals surface area contributed by atoms with Crippen LogP contribution in [-0.4, -0.2) is 16.7 Å².